The lowest BCUT2D eigenvalue weighted by Crippen LogP contribution is -2.27. The van der Waals surface area contributed by atoms with Crippen molar-refractivity contribution in [2.75, 3.05) is 13.2 Å². The third-order valence-electron chi connectivity index (χ3n) is 2.91. The average molecular weight is 271 g/mol. The van der Waals surface area contributed by atoms with Gasteiger partial charge >= 0.3 is 0 Å². The molecule has 2 N–H and O–H groups in total. The summed E-state index contributed by atoms with van der Waals surface area (Å²) in [5.74, 6) is 0.535. The van der Waals surface area contributed by atoms with E-state index in [4.69, 9.17) is 10.5 Å². The summed E-state index contributed by atoms with van der Waals surface area (Å²) in [6.45, 7) is 1.68. The van der Waals surface area contributed by atoms with E-state index in [0.717, 1.165) is 36.2 Å². The second-order valence-electron chi connectivity index (χ2n) is 3.89. The number of pyridine rings is 1. The minimum Gasteiger partial charge on any atom is -0.381 e. The van der Waals surface area contributed by atoms with E-state index in [1.807, 2.05) is 12.1 Å². The smallest absolute Gasteiger partial charge is 0.106 e. The highest BCUT2D eigenvalue weighted by molar-refractivity contribution is 9.10. The van der Waals surface area contributed by atoms with Crippen LogP contribution in [0.15, 0.2) is 22.9 Å². The Kier molecular flexibility index (Phi) is 3.72. The normalized spacial score (nSPS) is 20.1. The van der Waals surface area contributed by atoms with Crippen LogP contribution in [-0.2, 0) is 4.74 Å². The predicted molar refractivity (Wildman–Crippen MR) is 62.4 cm³/mol. The molecule has 2 heterocycles. The van der Waals surface area contributed by atoms with Crippen LogP contribution in [0.3, 0.4) is 0 Å². The van der Waals surface area contributed by atoms with Gasteiger partial charge in [-0.3, -0.25) is 0 Å². The SMILES string of the molecule is N[C@H](c1ccnc(Br)c1)C1CCOCC1. The molecule has 4 heteroatoms. The number of aromatic nitrogens is 1. The number of ether oxygens (including phenoxy) is 1. The highest BCUT2D eigenvalue weighted by Crippen LogP contribution is 2.28. The van der Waals surface area contributed by atoms with Crippen molar-refractivity contribution in [1.29, 1.82) is 0 Å². The van der Waals surface area contributed by atoms with Crippen LogP contribution in [0.2, 0.25) is 0 Å². The summed E-state index contributed by atoms with van der Waals surface area (Å²) in [5, 5.41) is 0. The van der Waals surface area contributed by atoms with Gasteiger partial charge in [-0.25, -0.2) is 4.98 Å². The first-order valence-electron chi connectivity index (χ1n) is 5.22. The van der Waals surface area contributed by atoms with Crippen molar-refractivity contribution in [2.24, 2.45) is 11.7 Å². The van der Waals surface area contributed by atoms with Gasteiger partial charge in [-0.05, 0) is 52.4 Å². The second-order valence-corrected chi connectivity index (χ2v) is 4.70. The highest BCUT2D eigenvalue weighted by atomic mass is 79.9. The molecule has 0 aliphatic carbocycles. The van der Waals surface area contributed by atoms with Gasteiger partial charge in [0.15, 0.2) is 0 Å². The molecule has 1 aliphatic heterocycles. The fourth-order valence-corrected chi connectivity index (χ4v) is 2.35. The Morgan fingerprint density at radius 1 is 1.47 bits per heavy atom. The van der Waals surface area contributed by atoms with Gasteiger partial charge in [0.25, 0.3) is 0 Å². The molecule has 2 rings (SSSR count). The molecule has 1 aromatic heterocycles. The monoisotopic (exact) mass is 270 g/mol. The Labute approximate surface area is 98.2 Å². The maximum atomic E-state index is 6.23. The van der Waals surface area contributed by atoms with Gasteiger partial charge in [0, 0.05) is 25.5 Å². The first-order valence-corrected chi connectivity index (χ1v) is 6.01. The number of nitrogens with two attached hydrogens (primary N) is 1. The largest absolute Gasteiger partial charge is 0.381 e. The molecule has 15 heavy (non-hydrogen) atoms. The molecule has 0 saturated carbocycles. The van der Waals surface area contributed by atoms with Crippen LogP contribution in [0.5, 0.6) is 0 Å². The molecule has 1 saturated heterocycles. The maximum absolute atomic E-state index is 6.23. The third kappa shape index (κ3) is 2.77. The standard InChI is InChI=1S/C11H15BrN2O/c12-10-7-9(1-4-14-10)11(13)8-2-5-15-6-3-8/h1,4,7-8,11H,2-3,5-6,13H2/t11-/m0/s1. The van der Waals surface area contributed by atoms with Gasteiger partial charge in [-0.2, -0.15) is 0 Å². The summed E-state index contributed by atoms with van der Waals surface area (Å²) in [6, 6.07) is 4.10. The highest BCUT2D eigenvalue weighted by Gasteiger charge is 2.22. The molecule has 3 nitrogen and oxygen atoms in total. The quantitative estimate of drug-likeness (QED) is 0.839. The average Bonchev–Trinajstić information content (AvgIpc) is 2.29. The van der Waals surface area contributed by atoms with E-state index in [0.29, 0.717) is 5.92 Å². The molecule has 0 aromatic carbocycles. The molecule has 1 aromatic rings. The second kappa shape index (κ2) is 5.05. The minimum absolute atomic E-state index is 0.105. The Morgan fingerprint density at radius 2 is 2.20 bits per heavy atom. The summed E-state index contributed by atoms with van der Waals surface area (Å²) in [6.07, 6.45) is 3.90. The van der Waals surface area contributed by atoms with E-state index in [1.165, 1.54) is 0 Å². The molecule has 0 bridgehead atoms. The topological polar surface area (TPSA) is 48.1 Å². The first-order chi connectivity index (χ1) is 7.27. The number of halogens is 1. The lowest BCUT2D eigenvalue weighted by atomic mass is 9.88. The fourth-order valence-electron chi connectivity index (χ4n) is 1.97. The lowest BCUT2D eigenvalue weighted by molar-refractivity contribution is 0.0583. The number of rotatable bonds is 2. The van der Waals surface area contributed by atoms with Crippen LogP contribution in [-0.4, -0.2) is 18.2 Å². The van der Waals surface area contributed by atoms with Gasteiger partial charge in [0.2, 0.25) is 0 Å². The Balaban J connectivity index is 2.08. The predicted octanol–water partition coefficient (Wildman–Crippen LogP) is 2.27. The van der Waals surface area contributed by atoms with Gasteiger partial charge < -0.3 is 10.5 Å². The summed E-state index contributed by atoms with van der Waals surface area (Å²) in [7, 11) is 0. The number of nitrogens with zero attached hydrogens (tertiary/aromatic N) is 1. The molecular weight excluding hydrogens is 256 g/mol. The van der Waals surface area contributed by atoms with Crippen LogP contribution in [0.25, 0.3) is 0 Å². The molecule has 1 aliphatic rings. The summed E-state index contributed by atoms with van der Waals surface area (Å²) in [4.78, 5) is 4.10. The van der Waals surface area contributed by atoms with Crippen molar-refractivity contribution in [3.63, 3.8) is 0 Å². The molecule has 0 radical (unpaired) electrons. The number of hydrogen-bond donors (Lipinski definition) is 1. The van der Waals surface area contributed by atoms with Crippen molar-refractivity contribution < 1.29 is 4.74 Å². The van der Waals surface area contributed by atoms with Gasteiger partial charge in [0.05, 0.1) is 0 Å². The van der Waals surface area contributed by atoms with Crippen molar-refractivity contribution in [3.8, 4) is 0 Å². The van der Waals surface area contributed by atoms with Crippen LogP contribution in [0, 0.1) is 5.92 Å². The van der Waals surface area contributed by atoms with E-state index in [2.05, 4.69) is 20.9 Å². The van der Waals surface area contributed by atoms with Crippen molar-refractivity contribution >= 4 is 15.9 Å². The van der Waals surface area contributed by atoms with Crippen LogP contribution < -0.4 is 5.73 Å². The Morgan fingerprint density at radius 3 is 2.87 bits per heavy atom. The summed E-state index contributed by atoms with van der Waals surface area (Å²) < 4.78 is 6.18. The molecule has 82 valence electrons. The molecular formula is C11H15BrN2O. The maximum Gasteiger partial charge on any atom is 0.106 e. The van der Waals surface area contributed by atoms with Crippen LogP contribution in [0.1, 0.15) is 24.4 Å². The number of hydrogen-bond acceptors (Lipinski definition) is 3. The lowest BCUT2D eigenvalue weighted by Gasteiger charge is -2.27. The van der Waals surface area contributed by atoms with Gasteiger partial charge in [-0.15, -0.1) is 0 Å². The fraction of sp³-hybridized carbons (Fsp3) is 0.545. The molecule has 0 spiro atoms. The zero-order valence-corrected chi connectivity index (χ0v) is 10.1. The zero-order valence-electron chi connectivity index (χ0n) is 8.53. The van der Waals surface area contributed by atoms with Crippen LogP contribution in [0.4, 0.5) is 0 Å². The molecule has 0 unspecified atom stereocenters. The van der Waals surface area contributed by atoms with E-state index >= 15 is 0 Å². The summed E-state index contributed by atoms with van der Waals surface area (Å²) in [5.41, 5.74) is 7.39. The van der Waals surface area contributed by atoms with Crippen molar-refractivity contribution in [3.05, 3.63) is 28.5 Å². The van der Waals surface area contributed by atoms with E-state index < -0.39 is 0 Å². The molecule has 1 atom stereocenters. The van der Waals surface area contributed by atoms with Crippen molar-refractivity contribution in [2.45, 2.75) is 18.9 Å². The van der Waals surface area contributed by atoms with Crippen molar-refractivity contribution in [1.82, 2.24) is 4.98 Å². The third-order valence-corrected chi connectivity index (χ3v) is 3.34. The van der Waals surface area contributed by atoms with E-state index in [1.54, 1.807) is 6.20 Å². The first kappa shape index (κ1) is 11.0. The summed E-state index contributed by atoms with van der Waals surface area (Å²) >= 11 is 3.36. The van der Waals surface area contributed by atoms with Gasteiger partial charge in [-0.1, -0.05) is 0 Å². The molecule has 1 fully saturated rings. The minimum atomic E-state index is 0.105. The van der Waals surface area contributed by atoms with E-state index in [9.17, 15) is 0 Å². The zero-order chi connectivity index (χ0) is 10.7. The van der Waals surface area contributed by atoms with Gasteiger partial charge in [0.1, 0.15) is 4.60 Å². The van der Waals surface area contributed by atoms with Crippen LogP contribution >= 0.6 is 15.9 Å². The Hall–Kier alpha value is -0.450. The van der Waals surface area contributed by atoms with E-state index in [-0.39, 0.29) is 6.04 Å². The Bertz CT molecular complexity index is 326. The molecule has 0 amide bonds.